The molecule has 98 valence electrons. The van der Waals surface area contributed by atoms with Crippen molar-refractivity contribution in [1.29, 1.82) is 0 Å². The molecule has 0 saturated carbocycles. The van der Waals surface area contributed by atoms with Crippen LogP contribution in [0.4, 0.5) is 0 Å². The Balaban J connectivity index is 3.25. The van der Waals surface area contributed by atoms with Crippen molar-refractivity contribution >= 4 is 11.8 Å². The molecule has 4 heteroatoms. The molecular formula is C12H27NO2S. The van der Waals surface area contributed by atoms with E-state index in [-0.39, 0.29) is 6.29 Å². The monoisotopic (exact) mass is 249 g/mol. The van der Waals surface area contributed by atoms with E-state index in [2.05, 4.69) is 11.6 Å². The van der Waals surface area contributed by atoms with Crippen LogP contribution in [0.25, 0.3) is 0 Å². The Morgan fingerprint density at radius 2 is 1.75 bits per heavy atom. The minimum absolute atomic E-state index is 0.0336. The van der Waals surface area contributed by atoms with Gasteiger partial charge < -0.3 is 14.8 Å². The van der Waals surface area contributed by atoms with Gasteiger partial charge in [0.05, 0.1) is 0 Å². The molecule has 0 amide bonds. The van der Waals surface area contributed by atoms with Crippen LogP contribution in [0, 0.1) is 0 Å². The van der Waals surface area contributed by atoms with Crippen LogP contribution in [0.5, 0.6) is 0 Å². The molecule has 0 radical (unpaired) electrons. The van der Waals surface area contributed by atoms with Crippen LogP contribution in [0.3, 0.4) is 0 Å². The van der Waals surface area contributed by atoms with Crippen LogP contribution in [0.2, 0.25) is 0 Å². The maximum absolute atomic E-state index is 5.46. The lowest BCUT2D eigenvalue weighted by molar-refractivity contribution is -0.138. The Morgan fingerprint density at radius 1 is 1.06 bits per heavy atom. The van der Waals surface area contributed by atoms with Gasteiger partial charge in [-0.3, -0.25) is 0 Å². The third-order valence-corrected chi connectivity index (χ3v) is 2.91. The molecule has 0 spiro atoms. The van der Waals surface area contributed by atoms with E-state index < -0.39 is 0 Å². The van der Waals surface area contributed by atoms with Crippen molar-refractivity contribution in [2.75, 3.05) is 38.3 Å². The molecule has 0 heterocycles. The molecule has 0 rings (SSSR count). The molecule has 16 heavy (non-hydrogen) atoms. The largest absolute Gasteiger partial charge is 0.353 e. The van der Waals surface area contributed by atoms with E-state index in [1.807, 2.05) is 25.6 Å². The molecule has 1 N–H and O–H groups in total. The van der Waals surface area contributed by atoms with Crippen molar-refractivity contribution in [2.45, 2.75) is 39.4 Å². The fraction of sp³-hybridized carbons (Fsp3) is 1.00. The maximum Gasteiger partial charge on any atom is 0.158 e. The fourth-order valence-electron chi connectivity index (χ4n) is 1.43. The van der Waals surface area contributed by atoms with Crippen LogP contribution in [-0.4, -0.2) is 44.6 Å². The van der Waals surface area contributed by atoms with E-state index in [0.29, 0.717) is 0 Å². The lowest BCUT2D eigenvalue weighted by Crippen LogP contribution is -2.25. The quantitative estimate of drug-likeness (QED) is 0.425. The number of hydrogen-bond acceptors (Lipinski definition) is 4. The van der Waals surface area contributed by atoms with Crippen molar-refractivity contribution in [3.8, 4) is 0 Å². The Hall–Kier alpha value is 0.230. The van der Waals surface area contributed by atoms with Crippen LogP contribution in [-0.2, 0) is 9.47 Å². The second-order valence-corrected chi connectivity index (χ2v) is 4.56. The van der Waals surface area contributed by atoms with Crippen LogP contribution >= 0.6 is 11.8 Å². The summed E-state index contributed by atoms with van der Waals surface area (Å²) in [5, 5.41) is 3.42. The van der Waals surface area contributed by atoms with Gasteiger partial charge in [0.1, 0.15) is 0 Å². The molecule has 0 bridgehead atoms. The third kappa shape index (κ3) is 10.7. The number of nitrogens with one attached hydrogen (secondary N) is 1. The third-order valence-electron chi connectivity index (χ3n) is 2.21. The molecule has 3 nitrogen and oxygen atoms in total. The summed E-state index contributed by atoms with van der Waals surface area (Å²) in [6, 6.07) is 0. The summed E-state index contributed by atoms with van der Waals surface area (Å²) < 4.78 is 10.9. The SMILES string of the molecule is CCOC(CCNCCCCSC)OCC. The highest BCUT2D eigenvalue weighted by molar-refractivity contribution is 7.98. The first kappa shape index (κ1) is 16.2. The van der Waals surface area contributed by atoms with Crippen LogP contribution in [0.1, 0.15) is 33.1 Å². The average Bonchev–Trinajstić information content (AvgIpc) is 2.28. The van der Waals surface area contributed by atoms with Crippen molar-refractivity contribution < 1.29 is 9.47 Å². The molecule has 0 aliphatic rings. The minimum Gasteiger partial charge on any atom is -0.353 e. The fourth-order valence-corrected chi connectivity index (χ4v) is 1.92. The summed E-state index contributed by atoms with van der Waals surface area (Å²) in [5.74, 6) is 1.27. The van der Waals surface area contributed by atoms with Gasteiger partial charge in [0.15, 0.2) is 6.29 Å². The summed E-state index contributed by atoms with van der Waals surface area (Å²) >= 11 is 1.92. The average molecular weight is 249 g/mol. The molecule has 0 saturated heterocycles. The normalized spacial score (nSPS) is 11.2. The lowest BCUT2D eigenvalue weighted by Gasteiger charge is -2.16. The number of thioether (sulfide) groups is 1. The van der Waals surface area contributed by atoms with Crippen LogP contribution in [0.15, 0.2) is 0 Å². The van der Waals surface area contributed by atoms with Gasteiger partial charge in [-0.15, -0.1) is 0 Å². The predicted octanol–water partition coefficient (Wildman–Crippen LogP) is 2.51. The van der Waals surface area contributed by atoms with E-state index in [4.69, 9.17) is 9.47 Å². The highest BCUT2D eigenvalue weighted by atomic mass is 32.2. The zero-order valence-electron chi connectivity index (χ0n) is 11.0. The van der Waals surface area contributed by atoms with E-state index in [9.17, 15) is 0 Å². The first-order valence-electron chi connectivity index (χ1n) is 6.28. The van der Waals surface area contributed by atoms with Gasteiger partial charge in [0, 0.05) is 19.6 Å². The number of unbranched alkanes of at least 4 members (excludes halogenated alkanes) is 1. The zero-order chi connectivity index (χ0) is 12.1. The Kier molecular flexibility index (Phi) is 13.5. The van der Waals surface area contributed by atoms with Crippen molar-refractivity contribution in [3.05, 3.63) is 0 Å². The van der Waals surface area contributed by atoms with Gasteiger partial charge >= 0.3 is 0 Å². The van der Waals surface area contributed by atoms with E-state index in [1.165, 1.54) is 18.6 Å². The minimum atomic E-state index is -0.0336. The van der Waals surface area contributed by atoms with Gasteiger partial charge in [-0.05, 0) is 51.8 Å². The Labute approximate surface area is 105 Å². The molecule has 0 aromatic carbocycles. The topological polar surface area (TPSA) is 30.5 Å². The summed E-state index contributed by atoms with van der Waals surface area (Å²) in [4.78, 5) is 0. The zero-order valence-corrected chi connectivity index (χ0v) is 11.8. The summed E-state index contributed by atoms with van der Waals surface area (Å²) in [6.07, 6.45) is 5.61. The molecule has 0 atom stereocenters. The van der Waals surface area contributed by atoms with Crippen molar-refractivity contribution in [1.82, 2.24) is 5.32 Å². The maximum atomic E-state index is 5.46. The molecule has 0 unspecified atom stereocenters. The summed E-state index contributed by atoms with van der Waals surface area (Å²) in [7, 11) is 0. The van der Waals surface area contributed by atoms with Gasteiger partial charge in [-0.1, -0.05) is 0 Å². The molecule has 0 aromatic rings. The number of rotatable bonds is 12. The van der Waals surface area contributed by atoms with Gasteiger partial charge in [-0.2, -0.15) is 11.8 Å². The number of hydrogen-bond donors (Lipinski definition) is 1. The van der Waals surface area contributed by atoms with E-state index >= 15 is 0 Å². The second-order valence-electron chi connectivity index (χ2n) is 3.58. The van der Waals surface area contributed by atoms with E-state index in [0.717, 1.165) is 32.7 Å². The smallest absolute Gasteiger partial charge is 0.158 e. The van der Waals surface area contributed by atoms with Crippen molar-refractivity contribution in [3.63, 3.8) is 0 Å². The lowest BCUT2D eigenvalue weighted by atomic mass is 10.3. The Morgan fingerprint density at radius 3 is 2.31 bits per heavy atom. The molecular weight excluding hydrogens is 222 g/mol. The summed E-state index contributed by atoms with van der Waals surface area (Å²) in [6.45, 7) is 7.52. The first-order chi connectivity index (χ1) is 7.85. The van der Waals surface area contributed by atoms with Crippen molar-refractivity contribution in [2.24, 2.45) is 0 Å². The van der Waals surface area contributed by atoms with Gasteiger partial charge in [0.2, 0.25) is 0 Å². The highest BCUT2D eigenvalue weighted by Crippen LogP contribution is 2.00. The molecule has 0 aliphatic carbocycles. The van der Waals surface area contributed by atoms with E-state index in [1.54, 1.807) is 0 Å². The molecule has 0 aromatic heterocycles. The molecule has 0 fully saturated rings. The van der Waals surface area contributed by atoms with Gasteiger partial charge in [0.25, 0.3) is 0 Å². The Bertz CT molecular complexity index is 130. The summed E-state index contributed by atoms with van der Waals surface area (Å²) in [5.41, 5.74) is 0. The molecule has 0 aliphatic heterocycles. The second kappa shape index (κ2) is 13.3. The van der Waals surface area contributed by atoms with Crippen LogP contribution < -0.4 is 5.32 Å². The standard InChI is InChI=1S/C12H27NO2S/c1-4-14-12(15-5-2)8-10-13-9-6-7-11-16-3/h12-13H,4-11H2,1-3H3. The van der Waals surface area contributed by atoms with Gasteiger partial charge in [-0.25, -0.2) is 0 Å². The number of ether oxygens (including phenoxy) is 2. The first-order valence-corrected chi connectivity index (χ1v) is 7.67. The predicted molar refractivity (Wildman–Crippen MR) is 72.1 cm³/mol. The highest BCUT2D eigenvalue weighted by Gasteiger charge is 2.06.